The SMILES string of the molecule is COc1ccc(OC)c(CCN(C)CCC(C)N)c1. The molecule has 1 aromatic rings. The summed E-state index contributed by atoms with van der Waals surface area (Å²) in [6, 6.07) is 6.17. The van der Waals surface area contributed by atoms with Gasteiger partial charge in [-0.3, -0.25) is 0 Å². The van der Waals surface area contributed by atoms with Crippen LogP contribution in [0.25, 0.3) is 0 Å². The van der Waals surface area contributed by atoms with Crippen molar-refractivity contribution in [3.8, 4) is 11.5 Å². The fourth-order valence-electron chi connectivity index (χ4n) is 1.92. The Morgan fingerprint density at radius 1 is 1.21 bits per heavy atom. The van der Waals surface area contributed by atoms with E-state index >= 15 is 0 Å². The van der Waals surface area contributed by atoms with Crippen LogP contribution in [0.4, 0.5) is 0 Å². The number of nitrogens with zero attached hydrogens (tertiary/aromatic N) is 1. The normalized spacial score (nSPS) is 12.5. The first-order valence-corrected chi connectivity index (χ1v) is 6.71. The maximum atomic E-state index is 5.77. The molecule has 0 aliphatic carbocycles. The van der Waals surface area contributed by atoms with E-state index < -0.39 is 0 Å². The molecule has 19 heavy (non-hydrogen) atoms. The van der Waals surface area contributed by atoms with Gasteiger partial charge in [0.25, 0.3) is 0 Å². The lowest BCUT2D eigenvalue weighted by Gasteiger charge is -2.18. The number of ether oxygens (including phenoxy) is 2. The fraction of sp³-hybridized carbons (Fsp3) is 0.600. The van der Waals surface area contributed by atoms with Crippen LogP contribution in [0.3, 0.4) is 0 Å². The zero-order chi connectivity index (χ0) is 14.3. The molecule has 0 bridgehead atoms. The standard InChI is InChI=1S/C15H26N2O2/c1-12(16)7-9-17(2)10-8-13-11-14(18-3)5-6-15(13)19-4/h5-6,11-12H,7-10,16H2,1-4H3. The molecule has 108 valence electrons. The van der Waals surface area contributed by atoms with E-state index in [0.29, 0.717) is 0 Å². The van der Waals surface area contributed by atoms with Crippen LogP contribution in [0.2, 0.25) is 0 Å². The average molecular weight is 266 g/mol. The Labute approximate surface area is 116 Å². The summed E-state index contributed by atoms with van der Waals surface area (Å²) in [6.45, 7) is 4.04. The molecule has 0 aromatic heterocycles. The Morgan fingerprint density at radius 2 is 1.95 bits per heavy atom. The van der Waals surface area contributed by atoms with Gasteiger partial charge in [-0.25, -0.2) is 0 Å². The zero-order valence-electron chi connectivity index (χ0n) is 12.5. The summed E-state index contributed by atoms with van der Waals surface area (Å²) in [6.07, 6.45) is 1.96. The highest BCUT2D eigenvalue weighted by Gasteiger charge is 2.07. The van der Waals surface area contributed by atoms with Crippen molar-refractivity contribution >= 4 is 0 Å². The number of nitrogens with two attached hydrogens (primary N) is 1. The van der Waals surface area contributed by atoms with Crippen molar-refractivity contribution < 1.29 is 9.47 Å². The lowest BCUT2D eigenvalue weighted by atomic mass is 10.1. The summed E-state index contributed by atoms with van der Waals surface area (Å²) in [7, 11) is 5.50. The molecule has 0 spiro atoms. The first-order valence-electron chi connectivity index (χ1n) is 6.71. The van der Waals surface area contributed by atoms with Gasteiger partial charge in [-0.15, -0.1) is 0 Å². The highest BCUT2D eigenvalue weighted by atomic mass is 16.5. The lowest BCUT2D eigenvalue weighted by Crippen LogP contribution is -2.27. The summed E-state index contributed by atoms with van der Waals surface area (Å²) in [5.74, 6) is 1.79. The average Bonchev–Trinajstić information content (AvgIpc) is 2.42. The van der Waals surface area contributed by atoms with Crippen LogP contribution >= 0.6 is 0 Å². The number of hydrogen-bond acceptors (Lipinski definition) is 4. The minimum absolute atomic E-state index is 0.258. The van der Waals surface area contributed by atoms with Gasteiger partial charge in [0.15, 0.2) is 0 Å². The number of benzene rings is 1. The Hall–Kier alpha value is -1.26. The lowest BCUT2D eigenvalue weighted by molar-refractivity contribution is 0.321. The molecule has 4 heteroatoms. The number of hydrogen-bond donors (Lipinski definition) is 1. The molecule has 1 unspecified atom stereocenters. The van der Waals surface area contributed by atoms with Crippen molar-refractivity contribution in [1.82, 2.24) is 4.90 Å². The largest absolute Gasteiger partial charge is 0.497 e. The van der Waals surface area contributed by atoms with Crippen molar-refractivity contribution in [2.45, 2.75) is 25.8 Å². The van der Waals surface area contributed by atoms with Crippen molar-refractivity contribution in [2.75, 3.05) is 34.4 Å². The monoisotopic (exact) mass is 266 g/mol. The predicted octanol–water partition coefficient (Wildman–Crippen LogP) is 1.92. The summed E-state index contributed by atoms with van der Waals surface area (Å²) in [5.41, 5.74) is 6.94. The smallest absolute Gasteiger partial charge is 0.122 e. The van der Waals surface area contributed by atoms with E-state index in [1.165, 1.54) is 5.56 Å². The minimum Gasteiger partial charge on any atom is -0.497 e. The molecular formula is C15H26N2O2. The van der Waals surface area contributed by atoms with Gasteiger partial charge in [0.2, 0.25) is 0 Å². The molecule has 2 N–H and O–H groups in total. The highest BCUT2D eigenvalue weighted by molar-refractivity contribution is 5.40. The summed E-state index contributed by atoms with van der Waals surface area (Å²) in [5, 5.41) is 0. The fourth-order valence-corrected chi connectivity index (χ4v) is 1.92. The van der Waals surface area contributed by atoms with Crippen molar-refractivity contribution in [3.63, 3.8) is 0 Å². The maximum Gasteiger partial charge on any atom is 0.122 e. The van der Waals surface area contributed by atoms with Crippen LogP contribution in [0.1, 0.15) is 18.9 Å². The van der Waals surface area contributed by atoms with Crippen LogP contribution in [0, 0.1) is 0 Å². The van der Waals surface area contributed by atoms with Crippen LogP contribution in [-0.2, 0) is 6.42 Å². The van der Waals surface area contributed by atoms with Gasteiger partial charge >= 0.3 is 0 Å². The second-order valence-electron chi connectivity index (χ2n) is 5.00. The van der Waals surface area contributed by atoms with Gasteiger partial charge in [0, 0.05) is 12.6 Å². The van der Waals surface area contributed by atoms with Gasteiger partial charge in [0.1, 0.15) is 11.5 Å². The second-order valence-corrected chi connectivity index (χ2v) is 5.00. The molecule has 0 aliphatic heterocycles. The molecule has 0 saturated carbocycles. The third-order valence-electron chi connectivity index (χ3n) is 3.22. The van der Waals surface area contributed by atoms with E-state index in [1.807, 2.05) is 25.1 Å². The van der Waals surface area contributed by atoms with Crippen LogP contribution in [0.15, 0.2) is 18.2 Å². The summed E-state index contributed by atoms with van der Waals surface area (Å²) < 4.78 is 10.6. The maximum absolute atomic E-state index is 5.77. The molecule has 1 atom stereocenters. The van der Waals surface area contributed by atoms with Gasteiger partial charge in [-0.05, 0) is 57.1 Å². The first kappa shape index (κ1) is 15.8. The predicted molar refractivity (Wildman–Crippen MR) is 79.0 cm³/mol. The van der Waals surface area contributed by atoms with E-state index in [1.54, 1.807) is 14.2 Å². The topological polar surface area (TPSA) is 47.7 Å². The van der Waals surface area contributed by atoms with Gasteiger partial charge in [0.05, 0.1) is 14.2 Å². The zero-order valence-corrected chi connectivity index (χ0v) is 12.5. The van der Waals surface area contributed by atoms with Crippen molar-refractivity contribution in [2.24, 2.45) is 5.73 Å². The van der Waals surface area contributed by atoms with E-state index in [0.717, 1.165) is 37.4 Å². The molecule has 0 aliphatic rings. The molecule has 0 saturated heterocycles. The number of likely N-dealkylation sites (N-methyl/N-ethyl adjacent to an activating group) is 1. The quantitative estimate of drug-likeness (QED) is 0.781. The Bertz CT molecular complexity index is 380. The molecule has 0 radical (unpaired) electrons. The number of rotatable bonds is 8. The van der Waals surface area contributed by atoms with Crippen LogP contribution in [0.5, 0.6) is 11.5 Å². The van der Waals surface area contributed by atoms with Crippen molar-refractivity contribution in [1.29, 1.82) is 0 Å². The molecule has 4 nitrogen and oxygen atoms in total. The van der Waals surface area contributed by atoms with E-state index in [4.69, 9.17) is 15.2 Å². The molecule has 0 amide bonds. The number of methoxy groups -OCH3 is 2. The van der Waals surface area contributed by atoms with Gasteiger partial charge in [-0.1, -0.05) is 0 Å². The Morgan fingerprint density at radius 3 is 2.53 bits per heavy atom. The highest BCUT2D eigenvalue weighted by Crippen LogP contribution is 2.24. The summed E-state index contributed by atoms with van der Waals surface area (Å²) >= 11 is 0. The Kier molecular flexibility index (Phi) is 6.67. The first-order chi connectivity index (χ1) is 9.06. The van der Waals surface area contributed by atoms with Crippen LogP contribution in [-0.4, -0.2) is 45.3 Å². The van der Waals surface area contributed by atoms with E-state index in [-0.39, 0.29) is 6.04 Å². The molecule has 0 heterocycles. The van der Waals surface area contributed by atoms with E-state index in [9.17, 15) is 0 Å². The third-order valence-corrected chi connectivity index (χ3v) is 3.22. The van der Waals surface area contributed by atoms with Crippen molar-refractivity contribution in [3.05, 3.63) is 23.8 Å². The minimum atomic E-state index is 0.258. The summed E-state index contributed by atoms with van der Waals surface area (Å²) in [4.78, 5) is 2.29. The molecule has 1 rings (SSSR count). The second kappa shape index (κ2) is 8.02. The van der Waals surface area contributed by atoms with E-state index in [2.05, 4.69) is 11.9 Å². The van der Waals surface area contributed by atoms with Crippen LogP contribution < -0.4 is 15.2 Å². The Balaban J connectivity index is 2.55. The van der Waals surface area contributed by atoms with Gasteiger partial charge in [-0.2, -0.15) is 0 Å². The molecule has 1 aromatic carbocycles. The van der Waals surface area contributed by atoms with Gasteiger partial charge < -0.3 is 20.1 Å². The molecule has 0 fully saturated rings. The third kappa shape index (κ3) is 5.49. The molecular weight excluding hydrogens is 240 g/mol.